The maximum atomic E-state index is 11.0. The third kappa shape index (κ3) is 3.91. The lowest BCUT2D eigenvalue weighted by atomic mass is 10.1. The number of unbranched alkanes of at least 4 members (excludes halogenated alkanes) is 1. The van der Waals surface area contributed by atoms with Crippen molar-refractivity contribution in [3.8, 4) is 0 Å². The van der Waals surface area contributed by atoms with E-state index >= 15 is 0 Å². The largest absolute Gasteiger partial charge is 0.428 e. The maximum Gasteiger partial charge on any atom is 0.335 e. The van der Waals surface area contributed by atoms with Crippen molar-refractivity contribution in [1.82, 2.24) is 0 Å². The van der Waals surface area contributed by atoms with E-state index in [9.17, 15) is 4.79 Å². The van der Waals surface area contributed by atoms with Crippen molar-refractivity contribution in [2.24, 2.45) is 0 Å². The topological polar surface area (TPSA) is 30.2 Å². The van der Waals surface area contributed by atoms with E-state index in [4.69, 9.17) is 4.42 Å². The molecule has 0 radical (unpaired) electrons. The minimum atomic E-state index is -0.259. The zero-order valence-corrected chi connectivity index (χ0v) is 9.76. The van der Waals surface area contributed by atoms with Gasteiger partial charge in [0.2, 0.25) is 0 Å². The first-order valence-corrected chi connectivity index (χ1v) is 5.97. The predicted molar refractivity (Wildman–Crippen MR) is 68.1 cm³/mol. The molecule has 0 aliphatic heterocycles. The average molecular weight is 228 g/mol. The molecule has 0 fully saturated rings. The van der Waals surface area contributed by atoms with E-state index in [1.54, 1.807) is 6.07 Å². The molecule has 17 heavy (non-hydrogen) atoms. The fourth-order valence-corrected chi connectivity index (χ4v) is 1.84. The van der Waals surface area contributed by atoms with Crippen LogP contribution < -0.4 is 5.63 Å². The monoisotopic (exact) mass is 228 g/mol. The standard InChI is InChI=1S/C15H16O2/c16-15-12-6-11-14(17-15)10-5-4-9-13-7-2-1-3-8-13/h1-3,6-8,11-12H,4-5,9-10H2. The Balaban J connectivity index is 1.75. The summed E-state index contributed by atoms with van der Waals surface area (Å²) in [5, 5.41) is 0. The van der Waals surface area contributed by atoms with E-state index in [2.05, 4.69) is 24.3 Å². The summed E-state index contributed by atoms with van der Waals surface area (Å²) in [5.74, 6) is 0.783. The normalized spacial score (nSPS) is 10.4. The Kier molecular flexibility index (Phi) is 4.14. The summed E-state index contributed by atoms with van der Waals surface area (Å²) in [6.45, 7) is 0. The minimum absolute atomic E-state index is 0.259. The van der Waals surface area contributed by atoms with Gasteiger partial charge in [-0.05, 0) is 30.9 Å². The number of aryl methyl sites for hydroxylation is 2. The van der Waals surface area contributed by atoms with Gasteiger partial charge in [-0.15, -0.1) is 0 Å². The molecule has 0 saturated carbocycles. The van der Waals surface area contributed by atoms with Crippen LogP contribution in [0.3, 0.4) is 0 Å². The van der Waals surface area contributed by atoms with Crippen LogP contribution in [0.15, 0.2) is 57.7 Å². The fourth-order valence-electron chi connectivity index (χ4n) is 1.84. The Morgan fingerprint density at radius 2 is 1.59 bits per heavy atom. The molecule has 0 atom stereocenters. The van der Waals surface area contributed by atoms with Crippen LogP contribution in [0, 0.1) is 0 Å². The number of rotatable bonds is 5. The lowest BCUT2D eigenvalue weighted by Gasteiger charge is -2.01. The molecule has 2 aromatic rings. The van der Waals surface area contributed by atoms with Crippen LogP contribution in [0.2, 0.25) is 0 Å². The maximum absolute atomic E-state index is 11.0. The molecule has 0 aliphatic carbocycles. The SMILES string of the molecule is O=c1cccc(CCCCc2ccccc2)o1. The molecule has 1 heterocycles. The Morgan fingerprint density at radius 3 is 2.35 bits per heavy atom. The number of benzene rings is 1. The van der Waals surface area contributed by atoms with Crippen LogP contribution in [-0.4, -0.2) is 0 Å². The fraction of sp³-hybridized carbons (Fsp3) is 0.267. The average Bonchev–Trinajstić information content (AvgIpc) is 2.36. The van der Waals surface area contributed by atoms with Gasteiger partial charge in [-0.3, -0.25) is 0 Å². The van der Waals surface area contributed by atoms with Crippen molar-refractivity contribution in [2.75, 3.05) is 0 Å². The number of hydrogen-bond acceptors (Lipinski definition) is 2. The highest BCUT2D eigenvalue weighted by Crippen LogP contribution is 2.07. The molecular weight excluding hydrogens is 212 g/mol. The summed E-state index contributed by atoms with van der Waals surface area (Å²) in [7, 11) is 0. The molecular formula is C15H16O2. The molecule has 1 aromatic carbocycles. The zero-order chi connectivity index (χ0) is 11.9. The Labute approximate surface area is 101 Å². The van der Waals surface area contributed by atoms with Crippen LogP contribution in [0.25, 0.3) is 0 Å². The minimum Gasteiger partial charge on any atom is -0.428 e. The number of hydrogen-bond donors (Lipinski definition) is 0. The molecule has 2 heteroatoms. The quantitative estimate of drug-likeness (QED) is 0.735. The van der Waals surface area contributed by atoms with Crippen LogP contribution in [-0.2, 0) is 12.8 Å². The van der Waals surface area contributed by atoms with Gasteiger partial charge in [0, 0.05) is 12.5 Å². The molecule has 88 valence electrons. The van der Waals surface area contributed by atoms with Crippen molar-refractivity contribution in [3.63, 3.8) is 0 Å². The lowest BCUT2D eigenvalue weighted by molar-refractivity contribution is 0.451. The van der Waals surface area contributed by atoms with Crippen molar-refractivity contribution in [2.45, 2.75) is 25.7 Å². The van der Waals surface area contributed by atoms with Crippen LogP contribution in [0.4, 0.5) is 0 Å². The molecule has 0 aliphatic rings. The Morgan fingerprint density at radius 1 is 0.824 bits per heavy atom. The summed E-state index contributed by atoms with van der Waals surface area (Å²) in [5.41, 5.74) is 1.10. The van der Waals surface area contributed by atoms with E-state index < -0.39 is 0 Å². The van der Waals surface area contributed by atoms with Gasteiger partial charge in [-0.25, -0.2) is 4.79 Å². The van der Waals surface area contributed by atoms with Crippen LogP contribution in [0.5, 0.6) is 0 Å². The molecule has 1 aromatic heterocycles. The van der Waals surface area contributed by atoms with E-state index in [0.29, 0.717) is 0 Å². The second-order valence-electron chi connectivity index (χ2n) is 4.11. The lowest BCUT2D eigenvalue weighted by Crippen LogP contribution is -1.98. The molecule has 0 amide bonds. The van der Waals surface area contributed by atoms with E-state index in [1.165, 1.54) is 11.6 Å². The summed E-state index contributed by atoms with van der Waals surface area (Å²) in [6.07, 6.45) is 4.07. The van der Waals surface area contributed by atoms with Gasteiger partial charge in [0.05, 0.1) is 0 Å². The van der Waals surface area contributed by atoms with E-state index in [-0.39, 0.29) is 5.63 Å². The second kappa shape index (κ2) is 6.04. The highest BCUT2D eigenvalue weighted by Gasteiger charge is 1.97. The van der Waals surface area contributed by atoms with Gasteiger partial charge in [0.15, 0.2) is 0 Å². The highest BCUT2D eigenvalue weighted by atomic mass is 16.4. The first-order valence-electron chi connectivity index (χ1n) is 5.97. The molecule has 0 N–H and O–H groups in total. The molecule has 2 nitrogen and oxygen atoms in total. The highest BCUT2D eigenvalue weighted by molar-refractivity contribution is 5.14. The third-order valence-corrected chi connectivity index (χ3v) is 2.73. The van der Waals surface area contributed by atoms with E-state index in [0.717, 1.165) is 31.4 Å². The third-order valence-electron chi connectivity index (χ3n) is 2.73. The Bertz CT molecular complexity index is 500. The molecule has 0 spiro atoms. The van der Waals surface area contributed by atoms with Crippen molar-refractivity contribution >= 4 is 0 Å². The van der Waals surface area contributed by atoms with Gasteiger partial charge < -0.3 is 4.42 Å². The molecule has 2 rings (SSSR count). The van der Waals surface area contributed by atoms with Crippen LogP contribution >= 0.6 is 0 Å². The first-order chi connectivity index (χ1) is 8.34. The summed E-state index contributed by atoms with van der Waals surface area (Å²) >= 11 is 0. The molecule has 0 unspecified atom stereocenters. The van der Waals surface area contributed by atoms with Crippen LogP contribution in [0.1, 0.15) is 24.2 Å². The van der Waals surface area contributed by atoms with Gasteiger partial charge in [-0.1, -0.05) is 36.4 Å². The van der Waals surface area contributed by atoms with Gasteiger partial charge in [0.25, 0.3) is 0 Å². The van der Waals surface area contributed by atoms with Crippen molar-refractivity contribution in [1.29, 1.82) is 0 Å². The molecule has 0 saturated heterocycles. The van der Waals surface area contributed by atoms with E-state index in [1.807, 2.05) is 12.1 Å². The van der Waals surface area contributed by atoms with Crippen molar-refractivity contribution < 1.29 is 4.42 Å². The zero-order valence-electron chi connectivity index (χ0n) is 9.76. The second-order valence-corrected chi connectivity index (χ2v) is 4.11. The Hall–Kier alpha value is -1.83. The molecule has 0 bridgehead atoms. The van der Waals surface area contributed by atoms with Crippen molar-refractivity contribution in [3.05, 3.63) is 70.3 Å². The smallest absolute Gasteiger partial charge is 0.335 e. The summed E-state index contributed by atoms with van der Waals surface area (Å²) < 4.78 is 5.07. The van der Waals surface area contributed by atoms with Gasteiger partial charge >= 0.3 is 5.63 Å². The summed E-state index contributed by atoms with van der Waals surface area (Å²) in [6, 6.07) is 15.5. The first kappa shape index (κ1) is 11.6. The van der Waals surface area contributed by atoms with Gasteiger partial charge in [0.1, 0.15) is 5.76 Å². The predicted octanol–water partition coefficient (Wildman–Crippen LogP) is 3.21. The summed E-state index contributed by atoms with van der Waals surface area (Å²) in [4.78, 5) is 11.0. The van der Waals surface area contributed by atoms with Gasteiger partial charge in [-0.2, -0.15) is 0 Å².